The van der Waals surface area contributed by atoms with Crippen molar-refractivity contribution in [1.82, 2.24) is 10.2 Å². The number of benzene rings is 2. The SMILES string of the molecule is COc1ccc(-c2nnc(NC(=O)c3ccc(NC(=O)CC(C)C)cc3)s2)cc1. The third kappa shape index (κ3) is 5.61. The molecule has 0 unspecified atom stereocenters. The van der Waals surface area contributed by atoms with E-state index in [-0.39, 0.29) is 17.7 Å². The fourth-order valence-corrected chi connectivity index (χ4v) is 3.33. The molecule has 8 heteroatoms. The minimum atomic E-state index is -0.289. The molecule has 0 fully saturated rings. The zero-order chi connectivity index (χ0) is 20.8. The lowest BCUT2D eigenvalue weighted by Gasteiger charge is -2.08. The number of carbonyl (C=O) groups excluding carboxylic acids is 2. The highest BCUT2D eigenvalue weighted by molar-refractivity contribution is 7.18. The molecular formula is C21H22N4O3S. The summed E-state index contributed by atoms with van der Waals surface area (Å²) in [6.07, 6.45) is 0.454. The molecule has 2 amide bonds. The van der Waals surface area contributed by atoms with Gasteiger partial charge in [0.1, 0.15) is 10.8 Å². The van der Waals surface area contributed by atoms with Crippen LogP contribution in [-0.2, 0) is 4.79 Å². The normalized spacial score (nSPS) is 10.6. The molecular weight excluding hydrogens is 388 g/mol. The number of methoxy groups -OCH3 is 1. The number of ether oxygens (including phenoxy) is 1. The Morgan fingerprint density at radius 3 is 2.31 bits per heavy atom. The molecule has 0 saturated carbocycles. The lowest BCUT2D eigenvalue weighted by atomic mass is 10.1. The topological polar surface area (TPSA) is 93.2 Å². The molecule has 0 saturated heterocycles. The Labute approximate surface area is 173 Å². The maximum absolute atomic E-state index is 12.4. The molecule has 3 rings (SSSR count). The van der Waals surface area contributed by atoms with Gasteiger partial charge in [0.05, 0.1) is 7.11 Å². The summed E-state index contributed by atoms with van der Waals surface area (Å²) in [7, 11) is 1.61. The van der Waals surface area contributed by atoms with Crippen LogP contribution in [0.5, 0.6) is 5.75 Å². The van der Waals surface area contributed by atoms with Gasteiger partial charge in [-0.15, -0.1) is 10.2 Å². The summed E-state index contributed by atoms with van der Waals surface area (Å²) in [5, 5.41) is 14.8. The number of nitrogens with zero attached hydrogens (tertiary/aromatic N) is 2. The van der Waals surface area contributed by atoms with Gasteiger partial charge in [0.15, 0.2) is 0 Å². The highest BCUT2D eigenvalue weighted by atomic mass is 32.1. The first-order valence-corrected chi connectivity index (χ1v) is 9.95. The molecule has 0 aliphatic heterocycles. The summed E-state index contributed by atoms with van der Waals surface area (Å²) in [5.41, 5.74) is 2.02. The number of anilines is 2. The molecule has 3 aromatic rings. The van der Waals surface area contributed by atoms with Crippen LogP contribution in [0.2, 0.25) is 0 Å². The molecule has 7 nitrogen and oxygen atoms in total. The summed E-state index contributed by atoms with van der Waals surface area (Å²) in [4.78, 5) is 24.3. The van der Waals surface area contributed by atoms with E-state index in [9.17, 15) is 9.59 Å². The van der Waals surface area contributed by atoms with Gasteiger partial charge in [-0.05, 0) is 54.4 Å². The Morgan fingerprint density at radius 2 is 1.69 bits per heavy atom. The van der Waals surface area contributed by atoms with Gasteiger partial charge in [-0.1, -0.05) is 25.2 Å². The largest absolute Gasteiger partial charge is 0.497 e. The van der Waals surface area contributed by atoms with E-state index < -0.39 is 0 Å². The number of carbonyl (C=O) groups is 2. The Kier molecular flexibility index (Phi) is 6.56. The number of nitrogens with one attached hydrogen (secondary N) is 2. The van der Waals surface area contributed by atoms with Gasteiger partial charge in [-0.2, -0.15) is 0 Å². The maximum Gasteiger partial charge on any atom is 0.257 e. The quantitative estimate of drug-likeness (QED) is 0.600. The van der Waals surface area contributed by atoms with Crippen molar-refractivity contribution in [2.24, 2.45) is 5.92 Å². The highest BCUT2D eigenvalue weighted by Gasteiger charge is 2.12. The van der Waals surface area contributed by atoms with Crippen LogP contribution >= 0.6 is 11.3 Å². The zero-order valence-electron chi connectivity index (χ0n) is 16.4. The molecule has 2 N–H and O–H groups in total. The molecule has 1 heterocycles. The van der Waals surface area contributed by atoms with Crippen molar-refractivity contribution >= 4 is 34.0 Å². The van der Waals surface area contributed by atoms with Gasteiger partial charge in [0, 0.05) is 23.2 Å². The number of rotatable bonds is 7. The van der Waals surface area contributed by atoms with Gasteiger partial charge in [-0.25, -0.2) is 0 Å². The van der Waals surface area contributed by atoms with Crippen molar-refractivity contribution in [2.75, 3.05) is 17.7 Å². The van der Waals surface area contributed by atoms with Crippen molar-refractivity contribution in [1.29, 1.82) is 0 Å². The lowest BCUT2D eigenvalue weighted by molar-refractivity contribution is -0.116. The molecule has 0 spiro atoms. The Hall–Kier alpha value is -3.26. The highest BCUT2D eigenvalue weighted by Crippen LogP contribution is 2.28. The molecule has 0 aliphatic rings. The van der Waals surface area contributed by atoms with Crippen molar-refractivity contribution in [3.63, 3.8) is 0 Å². The van der Waals surface area contributed by atoms with E-state index in [0.717, 1.165) is 11.3 Å². The predicted octanol–water partition coefficient (Wildman–Crippen LogP) is 4.45. The van der Waals surface area contributed by atoms with Crippen LogP contribution in [0, 0.1) is 5.92 Å². The minimum absolute atomic E-state index is 0.0443. The summed E-state index contributed by atoms with van der Waals surface area (Å²) in [6.45, 7) is 3.97. The molecule has 0 radical (unpaired) electrons. The van der Waals surface area contributed by atoms with Gasteiger partial charge in [0.25, 0.3) is 5.91 Å². The fraction of sp³-hybridized carbons (Fsp3) is 0.238. The van der Waals surface area contributed by atoms with Gasteiger partial charge in [-0.3, -0.25) is 14.9 Å². The van der Waals surface area contributed by atoms with E-state index in [2.05, 4.69) is 20.8 Å². The van der Waals surface area contributed by atoms with Crippen LogP contribution in [0.3, 0.4) is 0 Å². The fourth-order valence-electron chi connectivity index (χ4n) is 2.58. The Morgan fingerprint density at radius 1 is 1.00 bits per heavy atom. The van der Waals surface area contributed by atoms with Crippen molar-refractivity contribution < 1.29 is 14.3 Å². The third-order valence-electron chi connectivity index (χ3n) is 4.01. The number of hydrogen-bond acceptors (Lipinski definition) is 6. The molecule has 1 aromatic heterocycles. The van der Waals surface area contributed by atoms with Crippen LogP contribution in [0.4, 0.5) is 10.8 Å². The minimum Gasteiger partial charge on any atom is -0.497 e. The Bertz CT molecular complexity index is 982. The first-order chi connectivity index (χ1) is 13.9. The van der Waals surface area contributed by atoms with Gasteiger partial charge < -0.3 is 10.1 Å². The molecule has 0 bridgehead atoms. The summed E-state index contributed by atoms with van der Waals surface area (Å²) in [5.74, 6) is 0.713. The van der Waals surface area contributed by atoms with E-state index >= 15 is 0 Å². The number of amides is 2. The van der Waals surface area contributed by atoms with E-state index in [1.54, 1.807) is 31.4 Å². The summed E-state index contributed by atoms with van der Waals surface area (Å²) in [6, 6.07) is 14.2. The first-order valence-electron chi connectivity index (χ1n) is 9.14. The van der Waals surface area contributed by atoms with E-state index in [0.29, 0.717) is 27.8 Å². The Balaban J connectivity index is 1.61. The molecule has 0 aliphatic carbocycles. The summed E-state index contributed by atoms with van der Waals surface area (Å²) < 4.78 is 5.15. The maximum atomic E-state index is 12.4. The average Bonchev–Trinajstić information content (AvgIpc) is 3.16. The van der Waals surface area contributed by atoms with Gasteiger partial charge in [0.2, 0.25) is 11.0 Å². The standard InChI is InChI=1S/C21H22N4O3S/c1-13(2)12-18(26)22-16-8-4-14(5-9-16)19(27)23-21-25-24-20(29-21)15-6-10-17(28-3)11-7-15/h4-11,13H,12H2,1-3H3,(H,22,26)(H,23,25,27). The van der Waals surface area contributed by atoms with E-state index in [1.807, 2.05) is 38.1 Å². The third-order valence-corrected chi connectivity index (χ3v) is 4.89. The second kappa shape index (κ2) is 9.29. The second-order valence-corrected chi connectivity index (χ2v) is 7.80. The predicted molar refractivity (Wildman–Crippen MR) is 114 cm³/mol. The number of aromatic nitrogens is 2. The molecule has 29 heavy (non-hydrogen) atoms. The monoisotopic (exact) mass is 410 g/mol. The van der Waals surface area contributed by atoms with Crippen LogP contribution in [0.15, 0.2) is 48.5 Å². The molecule has 150 valence electrons. The first kappa shape index (κ1) is 20.5. The van der Waals surface area contributed by atoms with E-state index in [4.69, 9.17) is 4.74 Å². The van der Waals surface area contributed by atoms with Crippen molar-refractivity contribution in [3.05, 3.63) is 54.1 Å². The van der Waals surface area contributed by atoms with Gasteiger partial charge >= 0.3 is 0 Å². The van der Waals surface area contributed by atoms with Crippen LogP contribution in [0.1, 0.15) is 30.6 Å². The lowest BCUT2D eigenvalue weighted by Crippen LogP contribution is -2.14. The second-order valence-electron chi connectivity index (χ2n) is 6.82. The van der Waals surface area contributed by atoms with Crippen molar-refractivity contribution in [3.8, 4) is 16.3 Å². The zero-order valence-corrected chi connectivity index (χ0v) is 17.2. The van der Waals surface area contributed by atoms with Crippen LogP contribution in [-0.4, -0.2) is 29.1 Å². The van der Waals surface area contributed by atoms with Crippen molar-refractivity contribution in [2.45, 2.75) is 20.3 Å². The van der Waals surface area contributed by atoms with Crippen LogP contribution < -0.4 is 15.4 Å². The smallest absolute Gasteiger partial charge is 0.257 e. The molecule has 0 atom stereocenters. The van der Waals surface area contributed by atoms with Crippen LogP contribution in [0.25, 0.3) is 10.6 Å². The molecule has 2 aromatic carbocycles. The van der Waals surface area contributed by atoms with E-state index in [1.165, 1.54) is 11.3 Å². The number of hydrogen-bond donors (Lipinski definition) is 2. The summed E-state index contributed by atoms with van der Waals surface area (Å²) >= 11 is 1.29. The average molecular weight is 410 g/mol.